The third-order valence-electron chi connectivity index (χ3n) is 5.81. The fourth-order valence-electron chi connectivity index (χ4n) is 4.08. The molecule has 0 aliphatic heterocycles. The third kappa shape index (κ3) is 4.84. The lowest BCUT2D eigenvalue weighted by Crippen LogP contribution is -2.35. The predicted octanol–water partition coefficient (Wildman–Crippen LogP) is 2.78. The van der Waals surface area contributed by atoms with Crippen LogP contribution < -0.4 is 21.0 Å². The molecule has 1 amide bonds. The number of anilines is 2. The maximum atomic E-state index is 12.2. The predicted molar refractivity (Wildman–Crippen MR) is 123 cm³/mol. The van der Waals surface area contributed by atoms with Gasteiger partial charge in [0.2, 0.25) is 5.95 Å². The molecule has 0 radical (unpaired) electrons. The van der Waals surface area contributed by atoms with Crippen molar-refractivity contribution in [3.8, 4) is 0 Å². The standard InChI is InChI=1S/C23H28N6O2/c1-29(2)21-17-5-3-4-6-19(17)27-23(28-21)26-16-9-7-15(8-10-16)13-25-22(31)18-14-24-12-11-20(18)30/h3-6,11-12,14-16H,7-10,13H2,1-2H3,(H,24,30)(H,25,31)(H,26,27,28). The number of H-pyrrole nitrogens is 1. The van der Waals surface area contributed by atoms with E-state index in [9.17, 15) is 9.59 Å². The van der Waals surface area contributed by atoms with Gasteiger partial charge in [0.05, 0.1) is 5.52 Å². The molecule has 1 aliphatic carbocycles. The second kappa shape index (κ2) is 9.16. The first-order chi connectivity index (χ1) is 15.0. The highest BCUT2D eigenvalue weighted by Crippen LogP contribution is 2.28. The summed E-state index contributed by atoms with van der Waals surface area (Å²) >= 11 is 0. The number of aromatic nitrogens is 3. The molecule has 2 heterocycles. The van der Waals surface area contributed by atoms with E-state index in [2.05, 4.69) is 15.6 Å². The van der Waals surface area contributed by atoms with Crippen molar-refractivity contribution < 1.29 is 4.79 Å². The van der Waals surface area contributed by atoms with E-state index in [0.29, 0.717) is 24.5 Å². The van der Waals surface area contributed by atoms with Gasteiger partial charge in [-0.15, -0.1) is 0 Å². The van der Waals surface area contributed by atoms with Crippen LogP contribution in [0.1, 0.15) is 36.0 Å². The van der Waals surface area contributed by atoms with Crippen LogP contribution >= 0.6 is 0 Å². The molecule has 0 bridgehead atoms. The summed E-state index contributed by atoms with van der Waals surface area (Å²) in [6.45, 7) is 0.580. The van der Waals surface area contributed by atoms with Crippen LogP contribution in [0.25, 0.3) is 10.9 Å². The summed E-state index contributed by atoms with van der Waals surface area (Å²) in [5.74, 6) is 1.64. The van der Waals surface area contributed by atoms with Gasteiger partial charge in [-0.3, -0.25) is 9.59 Å². The largest absolute Gasteiger partial charge is 0.367 e. The van der Waals surface area contributed by atoms with Gasteiger partial charge in [0.15, 0.2) is 5.43 Å². The molecule has 1 saturated carbocycles. The van der Waals surface area contributed by atoms with Gasteiger partial charge in [0.1, 0.15) is 11.4 Å². The zero-order chi connectivity index (χ0) is 21.8. The molecule has 31 heavy (non-hydrogen) atoms. The number of aromatic amines is 1. The molecule has 2 aromatic heterocycles. The molecule has 4 rings (SSSR count). The summed E-state index contributed by atoms with van der Waals surface area (Å²) in [7, 11) is 3.97. The molecule has 8 nitrogen and oxygen atoms in total. The van der Waals surface area contributed by atoms with Gasteiger partial charge in [-0.05, 0) is 43.7 Å². The summed E-state index contributed by atoms with van der Waals surface area (Å²) in [4.78, 5) is 38.2. The van der Waals surface area contributed by atoms with E-state index in [0.717, 1.165) is 42.4 Å². The second-order valence-corrected chi connectivity index (χ2v) is 8.28. The lowest BCUT2D eigenvalue weighted by molar-refractivity contribution is 0.0942. The maximum Gasteiger partial charge on any atom is 0.256 e. The van der Waals surface area contributed by atoms with E-state index in [1.54, 1.807) is 0 Å². The van der Waals surface area contributed by atoms with E-state index >= 15 is 0 Å². The molecule has 8 heteroatoms. The van der Waals surface area contributed by atoms with Crippen molar-refractivity contribution in [3.63, 3.8) is 0 Å². The number of hydrogen-bond donors (Lipinski definition) is 3. The van der Waals surface area contributed by atoms with E-state index in [1.807, 2.05) is 43.3 Å². The van der Waals surface area contributed by atoms with E-state index < -0.39 is 0 Å². The van der Waals surface area contributed by atoms with Crippen molar-refractivity contribution in [1.29, 1.82) is 0 Å². The molecule has 3 N–H and O–H groups in total. The van der Waals surface area contributed by atoms with Crippen LogP contribution in [0.4, 0.5) is 11.8 Å². The summed E-state index contributed by atoms with van der Waals surface area (Å²) in [6.07, 6.45) is 6.94. The van der Waals surface area contributed by atoms with Gasteiger partial charge >= 0.3 is 0 Å². The lowest BCUT2D eigenvalue weighted by atomic mass is 9.86. The normalized spacial score (nSPS) is 18.5. The zero-order valence-corrected chi connectivity index (χ0v) is 17.9. The fraction of sp³-hybridized carbons (Fsp3) is 0.391. The number of nitrogens with zero attached hydrogens (tertiary/aromatic N) is 3. The molecule has 0 saturated heterocycles. The van der Waals surface area contributed by atoms with E-state index in [-0.39, 0.29) is 16.9 Å². The average Bonchev–Trinajstić information content (AvgIpc) is 2.78. The Hall–Kier alpha value is -3.42. The van der Waals surface area contributed by atoms with Crippen LogP contribution in [0.3, 0.4) is 0 Å². The fourth-order valence-corrected chi connectivity index (χ4v) is 4.08. The van der Waals surface area contributed by atoms with Crippen LogP contribution in [0.15, 0.2) is 47.5 Å². The molecule has 0 unspecified atom stereocenters. The number of carbonyl (C=O) groups is 1. The monoisotopic (exact) mass is 420 g/mol. The van der Waals surface area contributed by atoms with Gasteiger partial charge in [0, 0.05) is 50.5 Å². The lowest BCUT2D eigenvalue weighted by Gasteiger charge is -2.29. The molecule has 0 spiro atoms. The maximum absolute atomic E-state index is 12.2. The minimum Gasteiger partial charge on any atom is -0.367 e. The minimum atomic E-state index is -0.317. The van der Waals surface area contributed by atoms with Crippen molar-refractivity contribution >= 4 is 28.6 Å². The molecule has 1 aliphatic rings. The number of rotatable bonds is 6. The molecule has 3 aromatic rings. The first-order valence-electron chi connectivity index (χ1n) is 10.7. The summed E-state index contributed by atoms with van der Waals surface area (Å²) < 4.78 is 0. The van der Waals surface area contributed by atoms with Gasteiger partial charge in [-0.2, -0.15) is 4.98 Å². The number of nitrogens with one attached hydrogen (secondary N) is 3. The Morgan fingerprint density at radius 3 is 2.65 bits per heavy atom. The number of benzene rings is 1. The zero-order valence-electron chi connectivity index (χ0n) is 17.9. The molecule has 1 aromatic carbocycles. The number of hydrogen-bond acceptors (Lipinski definition) is 6. The van der Waals surface area contributed by atoms with Crippen molar-refractivity contribution in [2.45, 2.75) is 31.7 Å². The SMILES string of the molecule is CN(C)c1nc(NC2CCC(CNC(=O)c3c[nH]ccc3=O)CC2)nc2ccccc12. The average molecular weight is 421 g/mol. The van der Waals surface area contributed by atoms with Gasteiger partial charge in [0.25, 0.3) is 5.91 Å². The Labute approximate surface area is 181 Å². The second-order valence-electron chi connectivity index (χ2n) is 8.28. The smallest absolute Gasteiger partial charge is 0.256 e. The van der Waals surface area contributed by atoms with Crippen LogP contribution in [0, 0.1) is 5.92 Å². The minimum absolute atomic E-state index is 0.156. The van der Waals surface area contributed by atoms with Crippen LogP contribution in [0.5, 0.6) is 0 Å². The number of carbonyl (C=O) groups excluding carboxylic acids is 1. The summed E-state index contributed by atoms with van der Waals surface area (Å²) in [6, 6.07) is 9.70. The molecular weight excluding hydrogens is 392 g/mol. The number of amides is 1. The van der Waals surface area contributed by atoms with Gasteiger partial charge in [-0.1, -0.05) is 12.1 Å². The van der Waals surface area contributed by atoms with Gasteiger partial charge < -0.3 is 20.5 Å². The molecular formula is C23H28N6O2. The van der Waals surface area contributed by atoms with Crippen molar-refractivity contribution in [2.24, 2.45) is 5.92 Å². The Morgan fingerprint density at radius 2 is 1.90 bits per heavy atom. The van der Waals surface area contributed by atoms with Crippen LogP contribution in [-0.2, 0) is 0 Å². The Morgan fingerprint density at radius 1 is 1.13 bits per heavy atom. The first-order valence-corrected chi connectivity index (χ1v) is 10.7. The Kier molecular flexibility index (Phi) is 6.16. The molecule has 162 valence electrons. The summed E-state index contributed by atoms with van der Waals surface area (Å²) in [5.41, 5.74) is 0.815. The summed E-state index contributed by atoms with van der Waals surface area (Å²) in [5, 5.41) is 7.45. The highest BCUT2D eigenvalue weighted by atomic mass is 16.2. The third-order valence-corrected chi connectivity index (χ3v) is 5.81. The highest BCUT2D eigenvalue weighted by molar-refractivity contribution is 5.93. The van der Waals surface area contributed by atoms with E-state index in [4.69, 9.17) is 9.97 Å². The molecule has 0 atom stereocenters. The van der Waals surface area contributed by atoms with Gasteiger partial charge in [-0.25, -0.2) is 4.98 Å². The van der Waals surface area contributed by atoms with Crippen LogP contribution in [0.2, 0.25) is 0 Å². The first kappa shape index (κ1) is 20.8. The number of pyridine rings is 1. The van der Waals surface area contributed by atoms with Crippen LogP contribution in [-0.4, -0.2) is 47.5 Å². The Bertz CT molecular complexity index is 1120. The van der Waals surface area contributed by atoms with Crippen molar-refractivity contribution in [1.82, 2.24) is 20.3 Å². The Balaban J connectivity index is 1.33. The molecule has 1 fully saturated rings. The van der Waals surface area contributed by atoms with Crippen molar-refractivity contribution in [2.75, 3.05) is 30.9 Å². The number of fused-ring (bicyclic) bond motifs is 1. The van der Waals surface area contributed by atoms with E-state index in [1.165, 1.54) is 18.5 Å². The quantitative estimate of drug-likeness (QED) is 0.567. The van der Waals surface area contributed by atoms with Crippen molar-refractivity contribution in [3.05, 3.63) is 58.5 Å². The topological polar surface area (TPSA) is 103 Å². The number of para-hydroxylation sites is 1. The highest BCUT2D eigenvalue weighted by Gasteiger charge is 2.23.